The van der Waals surface area contributed by atoms with Crippen molar-refractivity contribution in [3.8, 4) is 0 Å². The monoisotopic (exact) mass is 371 g/mol. The molecule has 1 aliphatic rings. The predicted octanol–water partition coefficient (Wildman–Crippen LogP) is 2.55. The van der Waals surface area contributed by atoms with Crippen LogP contribution < -0.4 is 5.32 Å². The Labute approximate surface area is 139 Å². The van der Waals surface area contributed by atoms with Gasteiger partial charge in [0.25, 0.3) is 0 Å². The summed E-state index contributed by atoms with van der Waals surface area (Å²) in [5.74, 6) is 0.670. The predicted molar refractivity (Wildman–Crippen MR) is 90.6 cm³/mol. The van der Waals surface area contributed by atoms with Crippen LogP contribution in [0.1, 0.15) is 25.3 Å². The summed E-state index contributed by atoms with van der Waals surface area (Å²) < 4.78 is 14.5. The number of likely N-dealkylation sites (tertiary alicyclic amines) is 1. The third-order valence-corrected chi connectivity index (χ3v) is 4.17. The van der Waals surface area contributed by atoms with Gasteiger partial charge in [0.15, 0.2) is 5.96 Å². The first-order chi connectivity index (χ1) is 10.6. The van der Waals surface area contributed by atoms with Gasteiger partial charge in [-0.25, -0.2) is 4.39 Å². The van der Waals surface area contributed by atoms with Gasteiger partial charge in [0.05, 0.1) is 6.10 Å². The number of β-amino-alcohol motifs (C(OH)–C–C–N with tert-alkyl or cyclic N) is 1. The highest BCUT2D eigenvalue weighted by Gasteiger charge is 2.22. The van der Waals surface area contributed by atoms with Crippen molar-refractivity contribution in [2.45, 2.75) is 32.3 Å². The largest absolute Gasteiger partial charge is 0.391 e. The summed E-state index contributed by atoms with van der Waals surface area (Å²) in [7, 11) is 0. The lowest BCUT2D eigenvalue weighted by Crippen LogP contribution is -2.40. The lowest BCUT2D eigenvalue weighted by Gasteiger charge is -2.20. The van der Waals surface area contributed by atoms with Gasteiger partial charge in [0, 0.05) is 30.7 Å². The van der Waals surface area contributed by atoms with Gasteiger partial charge in [-0.1, -0.05) is 22.0 Å². The van der Waals surface area contributed by atoms with Crippen LogP contribution in [0.2, 0.25) is 0 Å². The molecule has 6 heteroatoms. The second kappa shape index (κ2) is 8.48. The van der Waals surface area contributed by atoms with Crippen LogP contribution in [-0.4, -0.2) is 48.2 Å². The van der Waals surface area contributed by atoms with Crippen LogP contribution in [0.25, 0.3) is 0 Å². The Bertz CT molecular complexity index is 524. The van der Waals surface area contributed by atoms with E-state index < -0.39 is 0 Å². The fourth-order valence-corrected chi connectivity index (χ4v) is 2.87. The van der Waals surface area contributed by atoms with E-state index in [0.29, 0.717) is 19.5 Å². The second-order valence-electron chi connectivity index (χ2n) is 5.46. The number of guanidine groups is 1. The highest BCUT2D eigenvalue weighted by molar-refractivity contribution is 9.10. The van der Waals surface area contributed by atoms with Crippen LogP contribution in [0, 0.1) is 5.82 Å². The van der Waals surface area contributed by atoms with Crippen LogP contribution >= 0.6 is 15.9 Å². The molecule has 1 aromatic carbocycles. The number of rotatable bonds is 5. The summed E-state index contributed by atoms with van der Waals surface area (Å²) in [6.07, 6.45) is 1.99. The zero-order valence-electron chi connectivity index (χ0n) is 12.9. The lowest BCUT2D eigenvalue weighted by atomic mass is 10.1. The van der Waals surface area contributed by atoms with Gasteiger partial charge in [0.1, 0.15) is 5.82 Å². The number of benzene rings is 1. The third kappa shape index (κ3) is 4.95. The molecule has 1 aliphatic heterocycles. The first-order valence-corrected chi connectivity index (χ1v) is 8.54. The van der Waals surface area contributed by atoms with Crippen LogP contribution in [0.15, 0.2) is 27.7 Å². The number of halogens is 2. The minimum Gasteiger partial charge on any atom is -0.391 e. The number of aryl methyl sites for hydroxylation is 1. The van der Waals surface area contributed by atoms with E-state index in [1.54, 1.807) is 0 Å². The SMILES string of the molecule is CCNC(=NCCCc1ccc(Br)cc1F)N1CC[C@@H](O)C1. The summed E-state index contributed by atoms with van der Waals surface area (Å²) in [5.41, 5.74) is 0.722. The quantitative estimate of drug-likeness (QED) is 0.475. The van der Waals surface area contributed by atoms with Gasteiger partial charge in [-0.2, -0.15) is 0 Å². The van der Waals surface area contributed by atoms with Crippen molar-refractivity contribution >= 4 is 21.9 Å². The van der Waals surface area contributed by atoms with E-state index in [1.165, 1.54) is 6.07 Å². The topological polar surface area (TPSA) is 47.9 Å². The van der Waals surface area contributed by atoms with Gasteiger partial charge in [-0.3, -0.25) is 4.99 Å². The number of nitrogens with zero attached hydrogens (tertiary/aromatic N) is 2. The van der Waals surface area contributed by atoms with Crippen molar-refractivity contribution in [1.29, 1.82) is 0 Å². The van der Waals surface area contributed by atoms with E-state index in [2.05, 4.69) is 31.1 Å². The Morgan fingerprint density at radius 1 is 1.55 bits per heavy atom. The Balaban J connectivity index is 1.86. The molecular formula is C16H23BrFN3O. The van der Waals surface area contributed by atoms with Crippen LogP contribution in [0.4, 0.5) is 4.39 Å². The summed E-state index contributed by atoms with van der Waals surface area (Å²) in [6, 6.07) is 5.16. The van der Waals surface area contributed by atoms with Gasteiger partial charge >= 0.3 is 0 Å². The van der Waals surface area contributed by atoms with E-state index in [1.807, 2.05) is 19.1 Å². The molecule has 4 nitrogen and oxygen atoms in total. The zero-order valence-corrected chi connectivity index (χ0v) is 14.4. The number of hydrogen-bond acceptors (Lipinski definition) is 2. The van der Waals surface area contributed by atoms with Crippen molar-refractivity contribution in [1.82, 2.24) is 10.2 Å². The molecule has 0 aromatic heterocycles. The van der Waals surface area contributed by atoms with Gasteiger partial charge in [-0.05, 0) is 43.9 Å². The molecule has 0 spiro atoms. The Hall–Kier alpha value is -1.14. The molecule has 2 rings (SSSR count). The summed E-state index contributed by atoms with van der Waals surface area (Å²) in [4.78, 5) is 6.66. The number of nitrogens with one attached hydrogen (secondary N) is 1. The first kappa shape index (κ1) is 17.2. The van der Waals surface area contributed by atoms with E-state index in [9.17, 15) is 9.50 Å². The second-order valence-corrected chi connectivity index (χ2v) is 6.38. The summed E-state index contributed by atoms with van der Waals surface area (Å²) in [5, 5.41) is 12.9. The lowest BCUT2D eigenvalue weighted by molar-refractivity contribution is 0.188. The average molecular weight is 372 g/mol. The molecule has 1 heterocycles. The van der Waals surface area contributed by atoms with E-state index in [4.69, 9.17) is 0 Å². The molecular weight excluding hydrogens is 349 g/mol. The Morgan fingerprint density at radius 2 is 2.36 bits per heavy atom. The Kier molecular flexibility index (Phi) is 6.64. The number of hydrogen-bond donors (Lipinski definition) is 2. The number of aliphatic hydroxyl groups is 1. The normalized spacial score (nSPS) is 18.8. The molecule has 1 fully saturated rings. The molecule has 122 valence electrons. The van der Waals surface area contributed by atoms with Crippen LogP contribution in [0.3, 0.4) is 0 Å². The maximum Gasteiger partial charge on any atom is 0.194 e. The average Bonchev–Trinajstić information content (AvgIpc) is 2.90. The molecule has 0 unspecified atom stereocenters. The minimum absolute atomic E-state index is 0.173. The Morgan fingerprint density at radius 3 is 3.00 bits per heavy atom. The van der Waals surface area contributed by atoms with Crippen molar-refractivity contribution < 1.29 is 9.50 Å². The molecule has 0 radical (unpaired) electrons. The smallest absolute Gasteiger partial charge is 0.194 e. The maximum atomic E-state index is 13.7. The molecule has 2 N–H and O–H groups in total. The molecule has 0 bridgehead atoms. The fraction of sp³-hybridized carbons (Fsp3) is 0.562. The molecule has 1 saturated heterocycles. The number of aliphatic hydroxyl groups excluding tert-OH is 1. The van der Waals surface area contributed by atoms with Crippen molar-refractivity contribution in [2.75, 3.05) is 26.2 Å². The standard InChI is InChI=1S/C16H23BrFN3O/c1-2-19-16(21-9-7-14(22)11-21)20-8-3-4-12-5-6-13(17)10-15(12)18/h5-6,10,14,22H,2-4,7-9,11H2,1H3,(H,19,20)/t14-/m1/s1. The van der Waals surface area contributed by atoms with Gasteiger partial charge in [-0.15, -0.1) is 0 Å². The summed E-state index contributed by atoms with van der Waals surface area (Å²) >= 11 is 3.26. The maximum absolute atomic E-state index is 13.7. The van der Waals surface area contributed by atoms with Crippen LogP contribution in [-0.2, 0) is 6.42 Å². The zero-order chi connectivity index (χ0) is 15.9. The number of aliphatic imine (C=N–C) groups is 1. The van der Waals surface area contributed by atoms with E-state index in [-0.39, 0.29) is 11.9 Å². The van der Waals surface area contributed by atoms with E-state index >= 15 is 0 Å². The third-order valence-electron chi connectivity index (χ3n) is 3.68. The van der Waals surface area contributed by atoms with Gasteiger partial charge in [0.2, 0.25) is 0 Å². The molecule has 0 amide bonds. The van der Waals surface area contributed by atoms with Gasteiger partial charge < -0.3 is 15.3 Å². The molecule has 1 atom stereocenters. The van der Waals surface area contributed by atoms with Crippen molar-refractivity contribution in [3.63, 3.8) is 0 Å². The molecule has 22 heavy (non-hydrogen) atoms. The minimum atomic E-state index is -0.263. The molecule has 0 saturated carbocycles. The molecule has 0 aliphatic carbocycles. The molecule has 1 aromatic rings. The van der Waals surface area contributed by atoms with Crippen LogP contribution in [0.5, 0.6) is 0 Å². The highest BCUT2D eigenvalue weighted by atomic mass is 79.9. The van der Waals surface area contributed by atoms with E-state index in [0.717, 1.165) is 41.9 Å². The first-order valence-electron chi connectivity index (χ1n) is 7.75. The fourth-order valence-electron chi connectivity index (χ4n) is 2.54. The highest BCUT2D eigenvalue weighted by Crippen LogP contribution is 2.16. The van der Waals surface area contributed by atoms with Crippen molar-refractivity contribution in [2.24, 2.45) is 4.99 Å². The summed E-state index contributed by atoms with van der Waals surface area (Å²) in [6.45, 7) is 4.93. The van der Waals surface area contributed by atoms with Crippen molar-refractivity contribution in [3.05, 3.63) is 34.1 Å².